The molecule has 10 nitrogen and oxygen atoms in total. The van der Waals surface area contributed by atoms with Crippen LogP contribution in [0.1, 0.15) is 58.3 Å². The van der Waals surface area contributed by atoms with Gasteiger partial charge in [-0.25, -0.2) is 5.06 Å². The standard InChI is InChI=1S/C20H30N4O6/c1-13-9-16(22-30-13)18(26)21-19(27)17-7-4-8-24(17)20(28)15(11-23(29)12-25)10-14-5-2-3-6-14/h12-15,17,29H,2-11H2,1H3,(H,21,26,27)/t13?,15-,17+/m1/s1. The molecule has 10 heteroatoms. The van der Waals surface area contributed by atoms with E-state index in [1.165, 1.54) is 4.90 Å². The maximum absolute atomic E-state index is 13.2. The lowest BCUT2D eigenvalue weighted by molar-refractivity contribution is -0.158. The quantitative estimate of drug-likeness (QED) is 0.258. The molecule has 30 heavy (non-hydrogen) atoms. The van der Waals surface area contributed by atoms with Crippen LogP contribution in [0.3, 0.4) is 0 Å². The van der Waals surface area contributed by atoms with Crippen LogP contribution in [-0.2, 0) is 24.0 Å². The van der Waals surface area contributed by atoms with Crippen LogP contribution in [-0.4, -0.2) is 70.2 Å². The lowest BCUT2D eigenvalue weighted by atomic mass is 9.91. The van der Waals surface area contributed by atoms with Crippen LogP contribution in [0.5, 0.6) is 0 Å². The average molecular weight is 422 g/mol. The van der Waals surface area contributed by atoms with Crippen molar-refractivity contribution in [3.05, 3.63) is 0 Å². The van der Waals surface area contributed by atoms with Gasteiger partial charge < -0.3 is 9.74 Å². The van der Waals surface area contributed by atoms with Gasteiger partial charge >= 0.3 is 0 Å². The number of rotatable bonds is 8. The van der Waals surface area contributed by atoms with E-state index < -0.39 is 23.8 Å². The normalized spacial score (nSPS) is 24.9. The summed E-state index contributed by atoms with van der Waals surface area (Å²) < 4.78 is 0. The lowest BCUT2D eigenvalue weighted by Gasteiger charge is -2.30. The molecule has 2 aliphatic heterocycles. The van der Waals surface area contributed by atoms with E-state index in [2.05, 4.69) is 10.5 Å². The van der Waals surface area contributed by atoms with Crippen LogP contribution in [0.4, 0.5) is 0 Å². The molecule has 1 saturated carbocycles. The molecule has 1 unspecified atom stereocenters. The fraction of sp³-hybridized carbons (Fsp3) is 0.750. The molecular weight excluding hydrogens is 392 g/mol. The minimum absolute atomic E-state index is 0.103. The van der Waals surface area contributed by atoms with E-state index in [0.717, 1.165) is 25.7 Å². The second kappa shape index (κ2) is 10.0. The molecule has 0 aromatic carbocycles. The van der Waals surface area contributed by atoms with Crippen LogP contribution in [0, 0.1) is 11.8 Å². The highest BCUT2D eigenvalue weighted by atomic mass is 16.6. The minimum atomic E-state index is -0.753. The predicted molar refractivity (Wildman–Crippen MR) is 105 cm³/mol. The molecule has 1 saturated heterocycles. The number of hydrogen-bond donors (Lipinski definition) is 2. The summed E-state index contributed by atoms with van der Waals surface area (Å²) in [5, 5.41) is 16.2. The van der Waals surface area contributed by atoms with Crippen LogP contribution in [0.2, 0.25) is 0 Å². The molecule has 0 bridgehead atoms. The van der Waals surface area contributed by atoms with Crippen molar-refractivity contribution in [3.8, 4) is 0 Å². The molecular formula is C20H30N4O6. The van der Waals surface area contributed by atoms with E-state index in [-0.39, 0.29) is 30.7 Å². The third-order valence-electron chi connectivity index (χ3n) is 6.13. The number of nitrogens with zero attached hydrogens (tertiary/aromatic N) is 3. The van der Waals surface area contributed by atoms with Crippen molar-refractivity contribution in [2.24, 2.45) is 17.0 Å². The number of carbonyl (C=O) groups is 4. The van der Waals surface area contributed by atoms with Gasteiger partial charge in [-0.05, 0) is 32.1 Å². The number of carbonyl (C=O) groups excluding carboxylic acids is 4. The third-order valence-corrected chi connectivity index (χ3v) is 6.13. The highest BCUT2D eigenvalue weighted by molar-refractivity contribution is 6.41. The Morgan fingerprint density at radius 2 is 2.03 bits per heavy atom. The summed E-state index contributed by atoms with van der Waals surface area (Å²) in [5.74, 6) is -1.61. The molecule has 1 aliphatic carbocycles. The van der Waals surface area contributed by atoms with Gasteiger partial charge in [0.05, 0.1) is 12.5 Å². The van der Waals surface area contributed by atoms with Crippen molar-refractivity contribution < 1.29 is 29.2 Å². The zero-order valence-corrected chi connectivity index (χ0v) is 17.3. The Balaban J connectivity index is 1.64. The van der Waals surface area contributed by atoms with E-state index in [0.29, 0.717) is 43.2 Å². The summed E-state index contributed by atoms with van der Waals surface area (Å²) in [6.07, 6.45) is 6.36. The predicted octanol–water partition coefficient (Wildman–Crippen LogP) is 0.829. The Morgan fingerprint density at radius 1 is 1.30 bits per heavy atom. The van der Waals surface area contributed by atoms with Crippen LogP contribution >= 0.6 is 0 Å². The van der Waals surface area contributed by atoms with Crippen LogP contribution < -0.4 is 5.32 Å². The topological polar surface area (TPSA) is 129 Å². The van der Waals surface area contributed by atoms with Crippen molar-refractivity contribution in [2.75, 3.05) is 13.1 Å². The number of amides is 4. The third kappa shape index (κ3) is 5.35. The number of hydroxylamine groups is 2. The van der Waals surface area contributed by atoms with Crippen molar-refractivity contribution in [2.45, 2.75) is 70.4 Å². The van der Waals surface area contributed by atoms with Crippen molar-refractivity contribution in [1.82, 2.24) is 15.3 Å². The van der Waals surface area contributed by atoms with Gasteiger partial charge in [0.25, 0.3) is 5.91 Å². The van der Waals surface area contributed by atoms with Gasteiger partial charge in [0, 0.05) is 13.0 Å². The molecule has 166 valence electrons. The average Bonchev–Trinajstić information content (AvgIpc) is 3.48. The number of oxime groups is 1. The van der Waals surface area contributed by atoms with Gasteiger partial charge in [-0.1, -0.05) is 30.8 Å². The minimum Gasteiger partial charge on any atom is -0.392 e. The fourth-order valence-electron chi connectivity index (χ4n) is 4.61. The molecule has 0 spiro atoms. The van der Waals surface area contributed by atoms with E-state index >= 15 is 0 Å². The molecule has 2 fully saturated rings. The SMILES string of the molecule is CC1CC(C(=O)NC(=O)[C@@H]2CCCN2C(=O)[C@H](CC2CCCC2)CN(O)C=O)=NO1. The molecule has 3 aliphatic rings. The molecule has 0 radical (unpaired) electrons. The second-order valence-corrected chi connectivity index (χ2v) is 8.48. The Kier molecular flexibility index (Phi) is 7.41. The monoisotopic (exact) mass is 422 g/mol. The first kappa shape index (κ1) is 22.2. The molecule has 3 atom stereocenters. The van der Waals surface area contributed by atoms with Gasteiger partial charge in [0.2, 0.25) is 18.2 Å². The van der Waals surface area contributed by atoms with E-state index in [1.807, 2.05) is 0 Å². The first-order chi connectivity index (χ1) is 14.4. The maximum Gasteiger partial charge on any atom is 0.275 e. The fourth-order valence-corrected chi connectivity index (χ4v) is 4.61. The summed E-state index contributed by atoms with van der Waals surface area (Å²) in [7, 11) is 0. The van der Waals surface area contributed by atoms with Crippen molar-refractivity contribution in [1.29, 1.82) is 0 Å². The molecule has 4 amide bonds. The Labute approximate surface area is 175 Å². The smallest absolute Gasteiger partial charge is 0.275 e. The van der Waals surface area contributed by atoms with Crippen molar-refractivity contribution >= 4 is 29.8 Å². The summed E-state index contributed by atoms with van der Waals surface area (Å²) in [6.45, 7) is 2.08. The summed E-state index contributed by atoms with van der Waals surface area (Å²) in [5.41, 5.74) is 0.160. The largest absolute Gasteiger partial charge is 0.392 e. The second-order valence-electron chi connectivity index (χ2n) is 8.48. The first-order valence-corrected chi connectivity index (χ1v) is 10.7. The zero-order valence-electron chi connectivity index (χ0n) is 17.3. The molecule has 0 aromatic heterocycles. The van der Waals surface area contributed by atoms with E-state index in [4.69, 9.17) is 4.84 Å². The van der Waals surface area contributed by atoms with E-state index in [1.54, 1.807) is 6.92 Å². The van der Waals surface area contributed by atoms with Crippen molar-refractivity contribution in [3.63, 3.8) is 0 Å². The van der Waals surface area contributed by atoms with Gasteiger partial charge in [-0.15, -0.1) is 0 Å². The zero-order chi connectivity index (χ0) is 21.7. The summed E-state index contributed by atoms with van der Waals surface area (Å²) in [6, 6.07) is -0.753. The summed E-state index contributed by atoms with van der Waals surface area (Å²) >= 11 is 0. The highest BCUT2D eigenvalue weighted by Crippen LogP contribution is 2.32. The number of likely N-dealkylation sites (tertiary alicyclic amines) is 1. The van der Waals surface area contributed by atoms with Crippen LogP contribution in [0.25, 0.3) is 0 Å². The molecule has 2 heterocycles. The number of hydrogen-bond acceptors (Lipinski definition) is 7. The number of nitrogens with one attached hydrogen (secondary N) is 1. The number of imide groups is 1. The molecule has 3 rings (SSSR count). The van der Waals surface area contributed by atoms with Gasteiger partial charge in [0.1, 0.15) is 17.9 Å². The van der Waals surface area contributed by atoms with Gasteiger partial charge in [-0.2, -0.15) is 0 Å². The Morgan fingerprint density at radius 3 is 2.67 bits per heavy atom. The lowest BCUT2D eigenvalue weighted by Crippen LogP contribution is -2.51. The highest BCUT2D eigenvalue weighted by Gasteiger charge is 2.39. The van der Waals surface area contributed by atoms with Crippen LogP contribution in [0.15, 0.2) is 5.16 Å². The maximum atomic E-state index is 13.2. The molecule has 0 aromatic rings. The first-order valence-electron chi connectivity index (χ1n) is 10.7. The van der Waals surface area contributed by atoms with E-state index in [9.17, 15) is 24.4 Å². The summed E-state index contributed by atoms with van der Waals surface area (Å²) in [4.78, 5) is 55.6. The van der Waals surface area contributed by atoms with Gasteiger partial charge in [0.15, 0.2) is 0 Å². The Bertz CT molecular complexity index is 705. The Hall–Kier alpha value is -2.49. The molecule has 2 N–H and O–H groups in total. The van der Waals surface area contributed by atoms with Gasteiger partial charge in [-0.3, -0.25) is 29.7 Å².